The molecule has 3 rings (SSSR count). The molecule has 0 amide bonds. The molecule has 0 aromatic rings. The Morgan fingerprint density at radius 1 is 0.905 bits per heavy atom. The zero-order valence-electron chi connectivity index (χ0n) is 14.5. The molecule has 0 nitrogen and oxygen atoms in total. The first-order chi connectivity index (χ1) is 10.0. The van der Waals surface area contributed by atoms with Crippen molar-refractivity contribution >= 4 is 15.8 Å². The van der Waals surface area contributed by atoms with Gasteiger partial charge in [-0.1, -0.05) is 62.6 Å². The summed E-state index contributed by atoms with van der Waals surface area (Å²) in [4.78, 5) is 0. The molecule has 118 valence electrons. The Kier molecular flexibility index (Phi) is 4.98. The summed E-state index contributed by atoms with van der Waals surface area (Å²) in [5.41, 5.74) is 6.56. The molecule has 2 saturated heterocycles. The highest BCUT2D eigenvalue weighted by molar-refractivity contribution is 7.64. The van der Waals surface area contributed by atoms with Gasteiger partial charge in [-0.2, -0.15) is 0 Å². The smallest absolute Gasteiger partial charge is 0.00213 e. The zero-order chi connectivity index (χ0) is 15.1. The van der Waals surface area contributed by atoms with E-state index in [0.29, 0.717) is 0 Å². The van der Waals surface area contributed by atoms with Crippen LogP contribution in [0.25, 0.3) is 0 Å². The van der Waals surface area contributed by atoms with Gasteiger partial charge in [0.15, 0.2) is 0 Å². The van der Waals surface area contributed by atoms with Gasteiger partial charge < -0.3 is 0 Å². The number of hydrogen-bond donors (Lipinski definition) is 0. The average Bonchev–Trinajstić information content (AvgIpc) is 3.11. The Labute approximate surface area is 134 Å². The molecule has 0 spiro atoms. The lowest BCUT2D eigenvalue weighted by Crippen LogP contribution is -2.13. The van der Waals surface area contributed by atoms with Crippen LogP contribution in [-0.4, -0.2) is 28.3 Å². The van der Waals surface area contributed by atoms with Crippen molar-refractivity contribution in [3.63, 3.8) is 0 Å². The SMILES string of the molecule is C[C@@H]1CC[C@@H](C)P1C1=C([C@@H](C)P2[C@H](C)CC[C@H]2C)C=CC1. The van der Waals surface area contributed by atoms with E-state index in [1.165, 1.54) is 32.1 Å². The van der Waals surface area contributed by atoms with Gasteiger partial charge in [0.05, 0.1) is 0 Å². The summed E-state index contributed by atoms with van der Waals surface area (Å²) >= 11 is 0. The molecule has 2 fully saturated rings. The van der Waals surface area contributed by atoms with E-state index in [-0.39, 0.29) is 15.8 Å². The molecular formula is C19H32P2. The first-order valence-electron chi connectivity index (χ1n) is 8.96. The van der Waals surface area contributed by atoms with E-state index >= 15 is 0 Å². The van der Waals surface area contributed by atoms with Crippen LogP contribution in [0.4, 0.5) is 0 Å². The minimum absolute atomic E-state index is 0.144. The Morgan fingerprint density at radius 3 is 2.00 bits per heavy atom. The van der Waals surface area contributed by atoms with E-state index in [0.717, 1.165) is 28.3 Å². The van der Waals surface area contributed by atoms with Gasteiger partial charge in [0, 0.05) is 5.66 Å². The summed E-state index contributed by atoms with van der Waals surface area (Å²) in [6, 6.07) is 0. The van der Waals surface area contributed by atoms with Crippen molar-refractivity contribution < 1.29 is 0 Å². The van der Waals surface area contributed by atoms with E-state index in [4.69, 9.17) is 0 Å². The number of hydrogen-bond acceptors (Lipinski definition) is 0. The van der Waals surface area contributed by atoms with Crippen LogP contribution >= 0.6 is 15.8 Å². The van der Waals surface area contributed by atoms with Gasteiger partial charge in [0.2, 0.25) is 0 Å². The fraction of sp³-hybridized carbons (Fsp3) is 0.789. The van der Waals surface area contributed by atoms with Crippen molar-refractivity contribution in [1.82, 2.24) is 0 Å². The first-order valence-corrected chi connectivity index (χ1v) is 12.0. The molecular weight excluding hydrogens is 290 g/mol. The molecule has 0 N–H and O–H groups in total. The van der Waals surface area contributed by atoms with Gasteiger partial charge in [0.1, 0.15) is 0 Å². The number of rotatable bonds is 3. The van der Waals surface area contributed by atoms with Crippen molar-refractivity contribution in [3.05, 3.63) is 23.0 Å². The highest BCUT2D eigenvalue weighted by Gasteiger charge is 2.39. The largest absolute Gasteiger partial charge is 0.0935 e. The third kappa shape index (κ3) is 2.93. The van der Waals surface area contributed by atoms with Crippen molar-refractivity contribution in [1.29, 1.82) is 0 Å². The molecule has 21 heavy (non-hydrogen) atoms. The predicted molar refractivity (Wildman–Crippen MR) is 100 cm³/mol. The van der Waals surface area contributed by atoms with E-state index in [1.54, 1.807) is 5.57 Å². The van der Waals surface area contributed by atoms with Crippen LogP contribution in [0.1, 0.15) is 66.7 Å². The minimum Gasteiger partial charge on any atom is -0.0935 e. The standard InChI is InChI=1S/C19H32P2/c1-13-9-10-14(2)20(13)17(5)18-7-6-8-19(18)21-15(3)11-12-16(21)4/h6-7,13-17H,8-12H2,1-5H3/t13-,14-,15-,16-,17-/m1/s1. The second-order valence-corrected chi connectivity index (χ2v) is 14.1. The van der Waals surface area contributed by atoms with E-state index < -0.39 is 0 Å². The fourth-order valence-corrected chi connectivity index (χ4v) is 12.6. The highest BCUT2D eigenvalue weighted by Crippen LogP contribution is 2.67. The minimum atomic E-state index is 0.144. The molecule has 0 unspecified atom stereocenters. The van der Waals surface area contributed by atoms with E-state index in [9.17, 15) is 0 Å². The Balaban J connectivity index is 1.87. The molecule has 2 heterocycles. The fourth-order valence-electron chi connectivity index (χ4n) is 5.01. The van der Waals surface area contributed by atoms with Crippen LogP contribution in [0.2, 0.25) is 0 Å². The predicted octanol–water partition coefficient (Wildman–Crippen LogP) is 6.69. The van der Waals surface area contributed by atoms with Crippen molar-refractivity contribution in [2.45, 2.75) is 95.0 Å². The first kappa shape index (κ1) is 16.2. The summed E-state index contributed by atoms with van der Waals surface area (Å²) in [5.74, 6) is 0. The van der Waals surface area contributed by atoms with E-state index in [2.05, 4.69) is 46.8 Å². The summed E-state index contributed by atoms with van der Waals surface area (Å²) in [6.07, 6.45) is 12.2. The van der Waals surface area contributed by atoms with Gasteiger partial charge >= 0.3 is 0 Å². The van der Waals surface area contributed by atoms with Gasteiger partial charge in [-0.3, -0.25) is 0 Å². The molecule has 0 bridgehead atoms. The third-order valence-corrected chi connectivity index (χ3v) is 13.3. The molecule has 0 aromatic heterocycles. The second kappa shape index (κ2) is 6.45. The summed E-state index contributed by atoms with van der Waals surface area (Å²) < 4.78 is 0. The lowest BCUT2D eigenvalue weighted by Gasteiger charge is -2.32. The molecule has 2 heteroatoms. The summed E-state index contributed by atoms with van der Waals surface area (Å²) in [5, 5.41) is 1.91. The molecule has 2 aliphatic heterocycles. The van der Waals surface area contributed by atoms with Gasteiger partial charge in [0.25, 0.3) is 0 Å². The van der Waals surface area contributed by atoms with Gasteiger partial charge in [-0.15, -0.1) is 0 Å². The van der Waals surface area contributed by atoms with Crippen LogP contribution in [-0.2, 0) is 0 Å². The van der Waals surface area contributed by atoms with Crippen LogP contribution in [0.5, 0.6) is 0 Å². The number of allylic oxidation sites excluding steroid dienone is 4. The Morgan fingerprint density at radius 2 is 1.43 bits per heavy atom. The Hall–Kier alpha value is 0.340. The average molecular weight is 322 g/mol. The van der Waals surface area contributed by atoms with Crippen LogP contribution in [0.15, 0.2) is 23.0 Å². The van der Waals surface area contributed by atoms with E-state index in [1.807, 2.05) is 5.31 Å². The zero-order valence-corrected chi connectivity index (χ0v) is 16.3. The Bertz CT molecular complexity index is 430. The summed E-state index contributed by atoms with van der Waals surface area (Å²) in [7, 11) is 0.336. The molecule has 0 saturated carbocycles. The lowest BCUT2D eigenvalue weighted by atomic mass is 10.2. The normalized spacial score (nSPS) is 39.7. The monoisotopic (exact) mass is 322 g/mol. The maximum Gasteiger partial charge on any atom is 0.00213 e. The molecule has 3 aliphatic rings. The van der Waals surface area contributed by atoms with Gasteiger partial charge in [-0.05, 0) is 65.6 Å². The maximum atomic E-state index is 2.57. The molecule has 0 radical (unpaired) electrons. The van der Waals surface area contributed by atoms with Crippen molar-refractivity contribution in [3.8, 4) is 0 Å². The van der Waals surface area contributed by atoms with Crippen LogP contribution in [0.3, 0.4) is 0 Å². The van der Waals surface area contributed by atoms with Gasteiger partial charge in [-0.25, -0.2) is 0 Å². The molecule has 5 atom stereocenters. The second-order valence-electron chi connectivity index (χ2n) is 7.59. The quantitative estimate of drug-likeness (QED) is 0.507. The van der Waals surface area contributed by atoms with Crippen molar-refractivity contribution in [2.24, 2.45) is 0 Å². The third-order valence-electron chi connectivity index (χ3n) is 6.12. The summed E-state index contributed by atoms with van der Waals surface area (Å²) in [6.45, 7) is 12.7. The molecule has 0 aromatic carbocycles. The highest BCUT2D eigenvalue weighted by atomic mass is 31.1. The van der Waals surface area contributed by atoms with Crippen LogP contribution < -0.4 is 0 Å². The van der Waals surface area contributed by atoms with Crippen molar-refractivity contribution in [2.75, 3.05) is 0 Å². The molecule has 1 aliphatic carbocycles. The topological polar surface area (TPSA) is 0 Å². The lowest BCUT2D eigenvalue weighted by molar-refractivity contribution is 0.777. The van der Waals surface area contributed by atoms with Crippen LogP contribution in [0, 0.1) is 0 Å². The maximum absolute atomic E-state index is 2.57.